The normalized spacial score (nSPS) is 20.5. The van der Waals surface area contributed by atoms with Crippen molar-refractivity contribution in [2.45, 2.75) is 32.2 Å². The minimum Gasteiger partial charge on any atom is -0.481 e. The molecule has 5 nitrogen and oxygen atoms in total. The van der Waals surface area contributed by atoms with E-state index in [1.165, 1.54) is 0 Å². The van der Waals surface area contributed by atoms with Crippen LogP contribution in [0.4, 0.5) is 0 Å². The molecule has 0 bridgehead atoms. The predicted molar refractivity (Wildman–Crippen MR) is 93.9 cm³/mol. The molecule has 0 saturated carbocycles. The van der Waals surface area contributed by atoms with Crippen molar-refractivity contribution in [3.8, 4) is 0 Å². The number of pyridine rings is 1. The number of rotatable bonds is 5. The SMILES string of the molecule is Cc1ccc(C2C(C(=O)O)CCC(=O)N2CCc2cccnc2)cc1. The Hall–Kier alpha value is -2.69. The third kappa shape index (κ3) is 3.87. The second-order valence-electron chi connectivity index (χ2n) is 6.54. The molecule has 0 spiro atoms. The van der Waals surface area contributed by atoms with Gasteiger partial charge in [-0.1, -0.05) is 35.9 Å². The molecule has 1 amide bonds. The molecule has 130 valence electrons. The summed E-state index contributed by atoms with van der Waals surface area (Å²) in [5.41, 5.74) is 3.03. The molecule has 2 unspecified atom stereocenters. The van der Waals surface area contributed by atoms with Crippen LogP contribution in [-0.2, 0) is 16.0 Å². The summed E-state index contributed by atoms with van der Waals surface area (Å²) in [6.07, 6.45) is 4.83. The van der Waals surface area contributed by atoms with Gasteiger partial charge in [0.05, 0.1) is 12.0 Å². The maximum Gasteiger partial charge on any atom is 0.308 e. The second-order valence-corrected chi connectivity index (χ2v) is 6.54. The highest BCUT2D eigenvalue weighted by Crippen LogP contribution is 2.37. The number of piperidine rings is 1. The van der Waals surface area contributed by atoms with Crippen LogP contribution in [-0.4, -0.2) is 33.4 Å². The van der Waals surface area contributed by atoms with Crippen molar-refractivity contribution in [2.75, 3.05) is 6.54 Å². The van der Waals surface area contributed by atoms with Crippen molar-refractivity contribution < 1.29 is 14.7 Å². The first-order chi connectivity index (χ1) is 12.1. The molecule has 25 heavy (non-hydrogen) atoms. The van der Waals surface area contributed by atoms with Crippen LogP contribution < -0.4 is 0 Å². The van der Waals surface area contributed by atoms with Crippen LogP contribution in [0.25, 0.3) is 0 Å². The number of carbonyl (C=O) groups is 2. The van der Waals surface area contributed by atoms with Gasteiger partial charge in [0.15, 0.2) is 0 Å². The van der Waals surface area contributed by atoms with E-state index in [1.807, 2.05) is 43.3 Å². The lowest BCUT2D eigenvalue weighted by Gasteiger charge is -2.40. The number of aromatic nitrogens is 1. The third-order valence-electron chi connectivity index (χ3n) is 4.81. The summed E-state index contributed by atoms with van der Waals surface area (Å²) >= 11 is 0. The number of amides is 1. The monoisotopic (exact) mass is 338 g/mol. The van der Waals surface area contributed by atoms with Gasteiger partial charge >= 0.3 is 5.97 Å². The van der Waals surface area contributed by atoms with E-state index in [4.69, 9.17) is 0 Å². The predicted octanol–water partition coefficient (Wildman–Crippen LogP) is 3.00. The number of benzene rings is 1. The van der Waals surface area contributed by atoms with E-state index in [0.717, 1.165) is 16.7 Å². The zero-order valence-corrected chi connectivity index (χ0v) is 14.3. The van der Waals surface area contributed by atoms with Gasteiger partial charge in [0, 0.05) is 25.4 Å². The van der Waals surface area contributed by atoms with Gasteiger partial charge in [-0.3, -0.25) is 14.6 Å². The zero-order chi connectivity index (χ0) is 17.8. The van der Waals surface area contributed by atoms with Crippen LogP contribution in [0.15, 0.2) is 48.8 Å². The Kier molecular flexibility index (Phi) is 5.12. The van der Waals surface area contributed by atoms with Crippen LogP contribution in [0.2, 0.25) is 0 Å². The molecule has 1 aromatic carbocycles. The van der Waals surface area contributed by atoms with Gasteiger partial charge in [-0.05, 0) is 37.0 Å². The lowest BCUT2D eigenvalue weighted by molar-refractivity contribution is -0.152. The molecular weight excluding hydrogens is 316 g/mol. The molecule has 0 radical (unpaired) electrons. The largest absolute Gasteiger partial charge is 0.481 e. The molecule has 2 atom stereocenters. The number of carboxylic acid groups (broad SMARTS) is 1. The van der Waals surface area contributed by atoms with Crippen LogP contribution in [0.3, 0.4) is 0 Å². The molecule has 1 aliphatic rings. The number of aryl methyl sites for hydroxylation is 1. The Morgan fingerprint density at radius 3 is 2.68 bits per heavy atom. The van der Waals surface area contributed by atoms with Gasteiger partial charge in [0.1, 0.15) is 0 Å². The average Bonchev–Trinajstić information content (AvgIpc) is 2.62. The van der Waals surface area contributed by atoms with E-state index in [2.05, 4.69) is 4.98 Å². The lowest BCUT2D eigenvalue weighted by Crippen LogP contribution is -2.46. The van der Waals surface area contributed by atoms with Crippen molar-refractivity contribution in [3.63, 3.8) is 0 Å². The van der Waals surface area contributed by atoms with E-state index < -0.39 is 17.9 Å². The fourth-order valence-corrected chi connectivity index (χ4v) is 3.45. The summed E-state index contributed by atoms with van der Waals surface area (Å²) < 4.78 is 0. The van der Waals surface area contributed by atoms with Gasteiger partial charge in [-0.15, -0.1) is 0 Å². The Morgan fingerprint density at radius 2 is 2.04 bits per heavy atom. The van der Waals surface area contributed by atoms with Gasteiger partial charge < -0.3 is 10.0 Å². The summed E-state index contributed by atoms with van der Waals surface area (Å²) in [4.78, 5) is 30.2. The zero-order valence-electron chi connectivity index (χ0n) is 14.3. The fourth-order valence-electron chi connectivity index (χ4n) is 3.45. The van der Waals surface area contributed by atoms with Gasteiger partial charge in [-0.25, -0.2) is 0 Å². The van der Waals surface area contributed by atoms with Gasteiger partial charge in [-0.2, -0.15) is 0 Å². The Labute approximate surface area is 147 Å². The highest BCUT2D eigenvalue weighted by atomic mass is 16.4. The van der Waals surface area contributed by atoms with Crippen LogP contribution in [0, 0.1) is 12.8 Å². The number of hydrogen-bond acceptors (Lipinski definition) is 3. The summed E-state index contributed by atoms with van der Waals surface area (Å²) in [6, 6.07) is 11.2. The van der Waals surface area contributed by atoms with Crippen molar-refractivity contribution in [1.82, 2.24) is 9.88 Å². The van der Waals surface area contributed by atoms with Crippen LogP contribution in [0.1, 0.15) is 35.6 Å². The van der Waals surface area contributed by atoms with E-state index in [-0.39, 0.29) is 12.3 Å². The van der Waals surface area contributed by atoms with Crippen molar-refractivity contribution in [1.29, 1.82) is 0 Å². The summed E-state index contributed by atoms with van der Waals surface area (Å²) in [5.74, 6) is -1.40. The van der Waals surface area contributed by atoms with E-state index in [1.54, 1.807) is 17.3 Å². The van der Waals surface area contributed by atoms with Crippen molar-refractivity contribution in [2.24, 2.45) is 5.92 Å². The van der Waals surface area contributed by atoms with Crippen molar-refractivity contribution in [3.05, 3.63) is 65.5 Å². The lowest BCUT2D eigenvalue weighted by atomic mass is 9.84. The minimum absolute atomic E-state index is 0.0203. The third-order valence-corrected chi connectivity index (χ3v) is 4.81. The highest BCUT2D eigenvalue weighted by molar-refractivity contribution is 5.81. The van der Waals surface area contributed by atoms with Crippen LogP contribution >= 0.6 is 0 Å². The minimum atomic E-state index is -0.843. The second kappa shape index (κ2) is 7.47. The van der Waals surface area contributed by atoms with E-state index >= 15 is 0 Å². The number of carbonyl (C=O) groups excluding carboxylic acids is 1. The first kappa shape index (κ1) is 17.1. The molecule has 1 saturated heterocycles. The standard InChI is InChI=1S/C20H22N2O3/c1-14-4-6-16(7-5-14)19-17(20(24)25)8-9-18(23)22(19)12-10-15-3-2-11-21-13-15/h2-7,11,13,17,19H,8-10,12H2,1H3,(H,24,25). The van der Waals surface area contributed by atoms with E-state index in [9.17, 15) is 14.7 Å². The topological polar surface area (TPSA) is 70.5 Å². The first-order valence-electron chi connectivity index (χ1n) is 8.54. The summed E-state index contributed by atoms with van der Waals surface area (Å²) in [5, 5.41) is 9.67. The molecule has 1 fully saturated rings. The molecule has 2 aromatic rings. The molecule has 1 N–H and O–H groups in total. The van der Waals surface area contributed by atoms with Crippen molar-refractivity contribution >= 4 is 11.9 Å². The maximum atomic E-state index is 12.6. The Balaban J connectivity index is 1.88. The molecule has 5 heteroatoms. The van der Waals surface area contributed by atoms with Gasteiger partial charge in [0.25, 0.3) is 0 Å². The average molecular weight is 338 g/mol. The molecule has 0 aliphatic carbocycles. The summed E-state index contributed by atoms with van der Waals surface area (Å²) in [7, 11) is 0. The van der Waals surface area contributed by atoms with Crippen LogP contribution in [0.5, 0.6) is 0 Å². The molecule has 1 aliphatic heterocycles. The quantitative estimate of drug-likeness (QED) is 0.910. The molecular formula is C20H22N2O3. The number of aliphatic carboxylic acids is 1. The first-order valence-corrected chi connectivity index (χ1v) is 8.54. The Bertz CT molecular complexity index is 743. The fraction of sp³-hybridized carbons (Fsp3) is 0.350. The summed E-state index contributed by atoms with van der Waals surface area (Å²) in [6.45, 7) is 2.48. The number of nitrogens with zero attached hydrogens (tertiary/aromatic N) is 2. The molecule has 3 rings (SSSR count). The Morgan fingerprint density at radius 1 is 1.28 bits per heavy atom. The maximum absolute atomic E-state index is 12.6. The van der Waals surface area contributed by atoms with Gasteiger partial charge in [0.2, 0.25) is 5.91 Å². The number of likely N-dealkylation sites (tertiary alicyclic amines) is 1. The smallest absolute Gasteiger partial charge is 0.308 e. The highest BCUT2D eigenvalue weighted by Gasteiger charge is 2.40. The van der Waals surface area contributed by atoms with E-state index in [0.29, 0.717) is 19.4 Å². The number of hydrogen-bond donors (Lipinski definition) is 1. The number of carboxylic acids is 1. The molecule has 2 heterocycles. The molecule has 1 aromatic heterocycles.